The lowest BCUT2D eigenvalue weighted by atomic mass is 10.2. The van der Waals surface area contributed by atoms with Gasteiger partial charge in [-0.05, 0) is 43.8 Å². The molecule has 0 N–H and O–H groups in total. The van der Waals surface area contributed by atoms with Crippen LogP contribution in [0.5, 0.6) is 11.5 Å². The van der Waals surface area contributed by atoms with Crippen molar-refractivity contribution in [1.82, 2.24) is 14.5 Å². The number of rotatable bonds is 9. The normalized spacial score (nSPS) is 11.8. The van der Waals surface area contributed by atoms with Crippen molar-refractivity contribution < 1.29 is 27.0 Å². The van der Waals surface area contributed by atoms with Gasteiger partial charge in [0.1, 0.15) is 5.82 Å². The Morgan fingerprint density at radius 3 is 2.48 bits per heavy atom. The lowest BCUT2D eigenvalue weighted by molar-refractivity contribution is -0.0514. The van der Waals surface area contributed by atoms with Crippen molar-refractivity contribution >= 4 is 11.0 Å². The molecule has 0 atom stereocenters. The highest BCUT2D eigenvalue weighted by Gasteiger charge is 2.19. The van der Waals surface area contributed by atoms with Crippen molar-refractivity contribution in [3.63, 3.8) is 0 Å². The molecule has 0 fully saturated rings. The van der Waals surface area contributed by atoms with E-state index in [4.69, 9.17) is 4.74 Å². The third-order valence-electron chi connectivity index (χ3n) is 4.25. The first kappa shape index (κ1) is 20.9. The number of hydrogen-bond acceptors (Lipinski definition) is 4. The molecule has 5 nitrogen and oxygen atoms in total. The van der Waals surface area contributed by atoms with Crippen LogP contribution in [0.4, 0.5) is 17.6 Å². The Hall–Kier alpha value is -2.81. The Morgan fingerprint density at radius 2 is 1.79 bits per heavy atom. The van der Waals surface area contributed by atoms with E-state index in [9.17, 15) is 17.6 Å². The predicted octanol–water partition coefficient (Wildman–Crippen LogP) is 5.06. The van der Waals surface area contributed by atoms with Crippen molar-refractivity contribution in [3.05, 3.63) is 53.9 Å². The number of hydrogen-bond donors (Lipinski definition) is 0. The fraction of sp³-hybridized carbons (Fsp3) is 0.350. The minimum Gasteiger partial charge on any atom is -0.490 e. The second-order valence-electron chi connectivity index (χ2n) is 6.43. The minimum atomic E-state index is -2.95. The molecule has 1 aromatic heterocycles. The SMILES string of the molecule is CCOc1cc(CN(C)Cc2nc3ccccc3n2C(F)F)ccc1OC(F)F. The van der Waals surface area contributed by atoms with Crippen molar-refractivity contribution in [2.24, 2.45) is 0 Å². The molecule has 2 aromatic carbocycles. The Bertz CT molecular complexity index is 962. The third-order valence-corrected chi connectivity index (χ3v) is 4.25. The minimum absolute atomic E-state index is 0.0484. The molecule has 29 heavy (non-hydrogen) atoms. The van der Waals surface area contributed by atoms with Gasteiger partial charge in [0.2, 0.25) is 0 Å². The Balaban J connectivity index is 1.79. The van der Waals surface area contributed by atoms with Crippen molar-refractivity contribution in [3.8, 4) is 11.5 Å². The van der Waals surface area contributed by atoms with Gasteiger partial charge in [0.25, 0.3) is 0 Å². The molecule has 1 heterocycles. The zero-order chi connectivity index (χ0) is 21.0. The number of halogens is 4. The Labute approximate surface area is 165 Å². The van der Waals surface area contributed by atoms with Gasteiger partial charge >= 0.3 is 13.2 Å². The molecule has 0 aliphatic heterocycles. The molecule has 156 valence electrons. The molecule has 9 heteroatoms. The van der Waals surface area contributed by atoms with Crippen LogP contribution in [0, 0.1) is 0 Å². The van der Waals surface area contributed by atoms with Gasteiger partial charge in [0.05, 0.1) is 24.2 Å². The van der Waals surface area contributed by atoms with Crippen LogP contribution in [0.2, 0.25) is 0 Å². The summed E-state index contributed by atoms with van der Waals surface area (Å²) in [5, 5.41) is 0. The molecular formula is C20H21F4N3O2. The molecule has 3 aromatic rings. The van der Waals surface area contributed by atoms with Crippen LogP contribution < -0.4 is 9.47 Å². The van der Waals surface area contributed by atoms with E-state index in [0.29, 0.717) is 17.6 Å². The molecule has 0 aliphatic carbocycles. The number of benzene rings is 2. The summed E-state index contributed by atoms with van der Waals surface area (Å²) >= 11 is 0. The second kappa shape index (κ2) is 9.13. The van der Waals surface area contributed by atoms with E-state index in [1.807, 2.05) is 0 Å². The van der Waals surface area contributed by atoms with E-state index in [-0.39, 0.29) is 30.5 Å². The third kappa shape index (κ3) is 4.97. The number of para-hydroxylation sites is 2. The molecular weight excluding hydrogens is 390 g/mol. The molecule has 0 spiro atoms. The maximum atomic E-state index is 13.6. The van der Waals surface area contributed by atoms with Crippen molar-refractivity contribution in [2.45, 2.75) is 33.2 Å². The van der Waals surface area contributed by atoms with Gasteiger partial charge in [0, 0.05) is 6.54 Å². The number of alkyl halides is 4. The summed E-state index contributed by atoms with van der Waals surface area (Å²) < 4.78 is 62.9. The fourth-order valence-electron chi connectivity index (χ4n) is 3.15. The first-order valence-electron chi connectivity index (χ1n) is 9.02. The first-order valence-corrected chi connectivity index (χ1v) is 9.02. The van der Waals surface area contributed by atoms with Gasteiger partial charge in [-0.2, -0.15) is 17.6 Å². The van der Waals surface area contributed by atoms with Gasteiger partial charge in [-0.15, -0.1) is 0 Å². The van der Waals surface area contributed by atoms with Crippen LogP contribution in [-0.2, 0) is 13.1 Å². The topological polar surface area (TPSA) is 39.5 Å². The largest absolute Gasteiger partial charge is 0.490 e. The summed E-state index contributed by atoms with van der Waals surface area (Å²) in [5.41, 5.74) is 1.64. The summed E-state index contributed by atoms with van der Waals surface area (Å²) in [4.78, 5) is 6.13. The molecule has 3 rings (SSSR count). The highest BCUT2D eigenvalue weighted by atomic mass is 19.3. The number of nitrogens with zero attached hydrogens (tertiary/aromatic N) is 3. The fourth-order valence-corrected chi connectivity index (χ4v) is 3.15. The molecule has 0 unspecified atom stereocenters. The average Bonchev–Trinajstić information content (AvgIpc) is 3.01. The van der Waals surface area contributed by atoms with E-state index in [1.54, 1.807) is 55.3 Å². The Kier molecular flexibility index (Phi) is 6.58. The van der Waals surface area contributed by atoms with Crippen LogP contribution in [0.25, 0.3) is 11.0 Å². The smallest absolute Gasteiger partial charge is 0.387 e. The maximum absolute atomic E-state index is 13.6. The second-order valence-corrected chi connectivity index (χ2v) is 6.43. The highest BCUT2D eigenvalue weighted by Crippen LogP contribution is 2.30. The summed E-state index contributed by atoms with van der Waals surface area (Å²) in [5.74, 6) is 0.401. The van der Waals surface area contributed by atoms with Crippen molar-refractivity contribution in [2.75, 3.05) is 13.7 Å². The highest BCUT2D eigenvalue weighted by molar-refractivity contribution is 5.75. The van der Waals surface area contributed by atoms with Gasteiger partial charge in [-0.3, -0.25) is 9.47 Å². The number of ether oxygens (including phenoxy) is 2. The molecule has 0 aliphatic rings. The molecule has 0 bridgehead atoms. The number of imidazole rings is 1. The zero-order valence-electron chi connectivity index (χ0n) is 16.0. The Morgan fingerprint density at radius 1 is 1.03 bits per heavy atom. The van der Waals surface area contributed by atoms with E-state index >= 15 is 0 Å². The van der Waals surface area contributed by atoms with Crippen molar-refractivity contribution in [1.29, 1.82) is 0 Å². The maximum Gasteiger partial charge on any atom is 0.387 e. The molecule has 0 amide bonds. The summed E-state index contributed by atoms with van der Waals surface area (Å²) in [6.07, 6.45) is 0. The van der Waals surface area contributed by atoms with E-state index < -0.39 is 13.2 Å². The predicted molar refractivity (Wildman–Crippen MR) is 100 cm³/mol. The number of aromatic nitrogens is 2. The van der Waals surface area contributed by atoms with E-state index in [2.05, 4.69) is 9.72 Å². The van der Waals surface area contributed by atoms with Gasteiger partial charge in [0.15, 0.2) is 11.5 Å². The lowest BCUT2D eigenvalue weighted by Crippen LogP contribution is -2.20. The molecule has 0 radical (unpaired) electrons. The standard InChI is InChI=1S/C20H21F4N3O2/c1-3-28-17-10-13(8-9-16(17)29-20(23)24)11-26(2)12-18-25-14-6-4-5-7-15(14)27(18)19(21)22/h4-10,19-20H,3,11-12H2,1-2H3. The van der Waals surface area contributed by atoms with E-state index in [1.165, 1.54) is 6.07 Å². The summed E-state index contributed by atoms with van der Waals surface area (Å²) in [6, 6.07) is 11.4. The zero-order valence-corrected chi connectivity index (χ0v) is 16.0. The van der Waals surface area contributed by atoms with Gasteiger partial charge in [-0.25, -0.2) is 4.98 Å². The van der Waals surface area contributed by atoms with Crippen LogP contribution in [0.1, 0.15) is 24.9 Å². The first-order chi connectivity index (χ1) is 13.9. The number of fused-ring (bicyclic) bond motifs is 1. The van der Waals surface area contributed by atoms with Gasteiger partial charge in [-0.1, -0.05) is 18.2 Å². The van der Waals surface area contributed by atoms with Crippen LogP contribution in [0.3, 0.4) is 0 Å². The average molecular weight is 411 g/mol. The quantitative estimate of drug-likeness (QED) is 0.461. The van der Waals surface area contributed by atoms with Gasteiger partial charge < -0.3 is 9.47 Å². The summed E-state index contributed by atoms with van der Waals surface area (Å²) in [7, 11) is 1.76. The summed E-state index contributed by atoms with van der Waals surface area (Å²) in [6.45, 7) is -3.08. The molecule has 0 saturated carbocycles. The molecule has 0 saturated heterocycles. The van der Waals surface area contributed by atoms with E-state index in [0.717, 1.165) is 10.1 Å². The van der Waals surface area contributed by atoms with Crippen LogP contribution in [-0.4, -0.2) is 34.7 Å². The monoisotopic (exact) mass is 411 g/mol. The van der Waals surface area contributed by atoms with Crippen LogP contribution >= 0.6 is 0 Å². The lowest BCUT2D eigenvalue weighted by Gasteiger charge is -2.19. The van der Waals surface area contributed by atoms with Crippen LogP contribution in [0.15, 0.2) is 42.5 Å².